The molecule has 0 heterocycles. The highest BCUT2D eigenvalue weighted by atomic mass is 16.5. The summed E-state index contributed by atoms with van der Waals surface area (Å²) in [7, 11) is 4.10. The molecule has 0 spiro atoms. The Balaban J connectivity index is 3.15. The molecule has 1 nitrogen and oxygen atoms in total. The van der Waals surface area contributed by atoms with Crippen molar-refractivity contribution in [3.8, 4) is 0 Å². The van der Waals surface area contributed by atoms with Crippen molar-refractivity contribution in [1.82, 2.24) is 0 Å². The fourth-order valence-electron chi connectivity index (χ4n) is 0.433. The lowest BCUT2D eigenvalue weighted by Gasteiger charge is -2.17. The first-order chi connectivity index (χ1) is 3.06. The average molecular weight is 97.8 g/mol. The molecule has 0 radical (unpaired) electrons. The zero-order valence-corrected chi connectivity index (χ0v) is 5.62. The quantitative estimate of drug-likeness (QED) is 0.401. The SMILES string of the molecule is BC(B)(C)OCC. The lowest BCUT2D eigenvalue weighted by molar-refractivity contribution is 0.101. The Labute approximate surface area is 47.3 Å². The maximum atomic E-state index is 5.23. The molecule has 0 fully saturated rings. The predicted molar refractivity (Wildman–Crippen MR) is 37.1 cm³/mol. The summed E-state index contributed by atoms with van der Waals surface area (Å²) >= 11 is 0. The highest BCUT2D eigenvalue weighted by molar-refractivity contribution is 6.38. The van der Waals surface area contributed by atoms with E-state index in [-0.39, 0.29) is 5.40 Å². The van der Waals surface area contributed by atoms with Crippen molar-refractivity contribution in [3.63, 3.8) is 0 Å². The first-order valence-corrected chi connectivity index (χ1v) is 2.70. The average Bonchev–Trinajstić information content (AvgIpc) is 1.30. The lowest BCUT2D eigenvalue weighted by Crippen LogP contribution is -2.28. The second-order valence-electron chi connectivity index (χ2n) is 2.55. The molecular weight excluding hydrogens is 85.7 g/mol. The highest BCUT2D eigenvalue weighted by Crippen LogP contribution is 1.94. The van der Waals surface area contributed by atoms with Crippen LogP contribution in [0, 0.1) is 0 Å². The summed E-state index contributed by atoms with van der Waals surface area (Å²) in [4.78, 5) is 0. The van der Waals surface area contributed by atoms with Gasteiger partial charge in [-0.25, -0.2) is 0 Å². The van der Waals surface area contributed by atoms with Crippen molar-refractivity contribution < 1.29 is 4.74 Å². The second kappa shape index (κ2) is 2.41. The van der Waals surface area contributed by atoms with Gasteiger partial charge in [0.25, 0.3) is 0 Å². The second-order valence-corrected chi connectivity index (χ2v) is 2.55. The van der Waals surface area contributed by atoms with Crippen LogP contribution in [0.25, 0.3) is 0 Å². The first kappa shape index (κ1) is 7.09. The first-order valence-electron chi connectivity index (χ1n) is 2.70. The van der Waals surface area contributed by atoms with Crippen LogP contribution in [0.4, 0.5) is 0 Å². The third-order valence-electron chi connectivity index (χ3n) is 0.577. The molecule has 0 saturated heterocycles. The van der Waals surface area contributed by atoms with Crippen molar-refractivity contribution in [2.45, 2.75) is 19.2 Å². The van der Waals surface area contributed by atoms with Crippen LogP contribution in [0.15, 0.2) is 0 Å². The van der Waals surface area contributed by atoms with Crippen molar-refractivity contribution in [1.29, 1.82) is 0 Å². The fraction of sp³-hybridized carbons (Fsp3) is 1.00. The molecular formula is C4H12B2O. The van der Waals surface area contributed by atoms with E-state index in [1.807, 2.05) is 6.92 Å². The normalized spacial score (nSPS) is 11.7. The van der Waals surface area contributed by atoms with Crippen LogP contribution in [-0.2, 0) is 4.74 Å². The molecule has 0 aliphatic rings. The van der Waals surface area contributed by atoms with E-state index in [4.69, 9.17) is 4.74 Å². The molecule has 0 aliphatic heterocycles. The third-order valence-corrected chi connectivity index (χ3v) is 0.577. The van der Waals surface area contributed by atoms with Gasteiger partial charge in [0, 0.05) is 12.0 Å². The van der Waals surface area contributed by atoms with Crippen molar-refractivity contribution >= 4 is 15.7 Å². The van der Waals surface area contributed by atoms with Crippen LogP contribution in [0.5, 0.6) is 0 Å². The Morgan fingerprint density at radius 1 is 1.57 bits per heavy atom. The van der Waals surface area contributed by atoms with Gasteiger partial charge in [-0.3, -0.25) is 0 Å². The zero-order valence-electron chi connectivity index (χ0n) is 5.62. The Morgan fingerprint density at radius 3 is 2.00 bits per heavy atom. The molecule has 0 saturated carbocycles. The Hall–Kier alpha value is 0.0899. The fourth-order valence-corrected chi connectivity index (χ4v) is 0.433. The van der Waals surface area contributed by atoms with Gasteiger partial charge < -0.3 is 4.74 Å². The predicted octanol–water partition coefficient (Wildman–Crippen LogP) is -1.04. The van der Waals surface area contributed by atoms with Gasteiger partial charge in [-0.05, 0) is 6.92 Å². The molecule has 0 bridgehead atoms. The van der Waals surface area contributed by atoms with E-state index in [1.165, 1.54) is 0 Å². The largest absolute Gasteiger partial charge is 0.393 e. The smallest absolute Gasteiger partial charge is 0.131 e. The molecule has 0 unspecified atom stereocenters. The molecule has 0 atom stereocenters. The summed E-state index contributed by atoms with van der Waals surface area (Å²) in [5, 5.41) is 0.0503. The number of ether oxygens (including phenoxy) is 1. The van der Waals surface area contributed by atoms with E-state index in [1.54, 1.807) is 0 Å². The maximum absolute atomic E-state index is 5.23. The number of hydrogen-bond donors (Lipinski definition) is 0. The van der Waals surface area contributed by atoms with Crippen molar-refractivity contribution in [2.75, 3.05) is 6.61 Å². The van der Waals surface area contributed by atoms with Gasteiger partial charge in [0.2, 0.25) is 0 Å². The van der Waals surface area contributed by atoms with Gasteiger partial charge >= 0.3 is 0 Å². The summed E-state index contributed by atoms with van der Waals surface area (Å²) in [5.74, 6) is 0. The Morgan fingerprint density at radius 2 is 2.00 bits per heavy atom. The van der Waals surface area contributed by atoms with Gasteiger partial charge in [0.1, 0.15) is 15.7 Å². The van der Waals surface area contributed by atoms with Crippen molar-refractivity contribution in [3.05, 3.63) is 0 Å². The summed E-state index contributed by atoms with van der Waals surface area (Å²) in [6.45, 7) is 4.87. The van der Waals surface area contributed by atoms with Gasteiger partial charge in [-0.1, -0.05) is 6.92 Å². The molecule has 0 aromatic heterocycles. The van der Waals surface area contributed by atoms with Gasteiger partial charge in [-0.15, -0.1) is 0 Å². The zero-order chi connectivity index (χ0) is 5.91. The van der Waals surface area contributed by atoms with Crippen LogP contribution >= 0.6 is 0 Å². The molecule has 0 aromatic carbocycles. The molecule has 0 aliphatic carbocycles. The highest BCUT2D eigenvalue weighted by Gasteiger charge is 2.07. The van der Waals surface area contributed by atoms with E-state index >= 15 is 0 Å². The van der Waals surface area contributed by atoms with E-state index in [0.29, 0.717) is 0 Å². The minimum absolute atomic E-state index is 0.0503. The van der Waals surface area contributed by atoms with Crippen LogP contribution in [-0.4, -0.2) is 27.7 Å². The lowest BCUT2D eigenvalue weighted by atomic mass is 9.67. The van der Waals surface area contributed by atoms with E-state index in [0.717, 1.165) is 6.61 Å². The van der Waals surface area contributed by atoms with Crippen molar-refractivity contribution in [2.24, 2.45) is 0 Å². The minimum Gasteiger partial charge on any atom is -0.393 e. The van der Waals surface area contributed by atoms with Crippen LogP contribution in [0.2, 0.25) is 0 Å². The van der Waals surface area contributed by atoms with Gasteiger partial charge in [0.15, 0.2) is 0 Å². The molecule has 7 heavy (non-hydrogen) atoms. The van der Waals surface area contributed by atoms with Crippen LogP contribution in [0.3, 0.4) is 0 Å². The number of hydrogen-bond acceptors (Lipinski definition) is 1. The number of rotatable bonds is 2. The standard InChI is InChI=1S/C4H12B2O/c1-3-7-4(2,5)6/h3,5-6H2,1-2H3. The Bertz CT molecular complexity index is 48.1. The molecule has 40 valence electrons. The van der Waals surface area contributed by atoms with Gasteiger partial charge in [-0.2, -0.15) is 0 Å². The van der Waals surface area contributed by atoms with E-state index < -0.39 is 0 Å². The minimum atomic E-state index is 0.0503. The van der Waals surface area contributed by atoms with Crippen LogP contribution in [0.1, 0.15) is 13.8 Å². The topological polar surface area (TPSA) is 9.23 Å². The maximum Gasteiger partial charge on any atom is 0.131 e. The Kier molecular flexibility index (Phi) is 2.44. The van der Waals surface area contributed by atoms with Crippen LogP contribution < -0.4 is 0 Å². The van der Waals surface area contributed by atoms with E-state index in [2.05, 4.69) is 22.6 Å². The molecule has 0 amide bonds. The molecule has 0 rings (SSSR count). The molecule has 3 heteroatoms. The summed E-state index contributed by atoms with van der Waals surface area (Å²) in [5.41, 5.74) is 0. The van der Waals surface area contributed by atoms with Gasteiger partial charge in [0.05, 0.1) is 0 Å². The molecule has 0 aromatic rings. The molecule has 0 N–H and O–H groups in total. The summed E-state index contributed by atoms with van der Waals surface area (Å²) in [6.07, 6.45) is 0. The summed E-state index contributed by atoms with van der Waals surface area (Å²) < 4.78 is 5.23. The summed E-state index contributed by atoms with van der Waals surface area (Å²) in [6, 6.07) is 0. The monoisotopic (exact) mass is 98.1 g/mol. The third kappa shape index (κ3) is 6.09. The van der Waals surface area contributed by atoms with E-state index in [9.17, 15) is 0 Å².